The Labute approximate surface area is 206 Å². The molecule has 0 unspecified atom stereocenters. The monoisotopic (exact) mass is 504 g/mol. The number of para-hydroxylation sites is 1. The Morgan fingerprint density at radius 2 is 1.72 bits per heavy atom. The lowest BCUT2D eigenvalue weighted by Crippen LogP contribution is -2.43. The van der Waals surface area contributed by atoms with E-state index in [2.05, 4.69) is 5.32 Å². The number of alkyl halides is 3. The van der Waals surface area contributed by atoms with Gasteiger partial charge < -0.3 is 14.8 Å². The zero-order valence-electron chi connectivity index (χ0n) is 20.3. The summed E-state index contributed by atoms with van der Waals surface area (Å²) in [7, 11) is 1.16. The summed E-state index contributed by atoms with van der Waals surface area (Å²) < 4.78 is 50.6. The number of nitrogens with zero attached hydrogens (tertiary/aromatic N) is 1. The van der Waals surface area contributed by atoms with Crippen molar-refractivity contribution in [1.82, 2.24) is 9.88 Å². The fraction of sp³-hybridized carbons (Fsp3) is 0.346. The van der Waals surface area contributed by atoms with Gasteiger partial charge in [0.25, 0.3) is 0 Å². The van der Waals surface area contributed by atoms with Crippen LogP contribution in [0.4, 0.5) is 18.0 Å². The fourth-order valence-corrected chi connectivity index (χ4v) is 3.72. The first kappa shape index (κ1) is 26.8. The molecule has 0 aliphatic carbocycles. The van der Waals surface area contributed by atoms with Crippen molar-refractivity contribution in [3.05, 3.63) is 71.4 Å². The van der Waals surface area contributed by atoms with Gasteiger partial charge in [-0.1, -0.05) is 36.4 Å². The number of amides is 1. The quantitative estimate of drug-likeness (QED) is 0.484. The number of rotatable bonds is 6. The molecule has 1 aromatic heterocycles. The number of ether oxygens (including phenoxy) is 2. The second-order valence-electron chi connectivity index (χ2n) is 9.24. The van der Waals surface area contributed by atoms with Gasteiger partial charge in [-0.25, -0.2) is 9.59 Å². The molecular weight excluding hydrogens is 477 g/mol. The van der Waals surface area contributed by atoms with E-state index >= 15 is 0 Å². The predicted molar refractivity (Wildman–Crippen MR) is 126 cm³/mol. The average molecular weight is 505 g/mol. The van der Waals surface area contributed by atoms with Gasteiger partial charge in [-0.3, -0.25) is 9.36 Å². The summed E-state index contributed by atoms with van der Waals surface area (Å²) in [6.45, 7) is 5.22. The van der Waals surface area contributed by atoms with E-state index in [1.54, 1.807) is 45.0 Å². The molecule has 1 heterocycles. The van der Waals surface area contributed by atoms with E-state index in [4.69, 9.17) is 9.47 Å². The average Bonchev–Trinajstić information content (AvgIpc) is 3.15. The minimum atomic E-state index is -4.54. The number of esters is 1. The summed E-state index contributed by atoms with van der Waals surface area (Å²) in [6.07, 6.45) is -3.99. The molecule has 10 heteroatoms. The highest BCUT2D eigenvalue weighted by Crippen LogP contribution is 2.29. The molecule has 2 aromatic carbocycles. The molecule has 0 bridgehead atoms. The molecule has 192 valence electrons. The van der Waals surface area contributed by atoms with E-state index in [1.165, 1.54) is 22.9 Å². The van der Waals surface area contributed by atoms with Gasteiger partial charge >= 0.3 is 18.2 Å². The van der Waals surface area contributed by atoms with Crippen molar-refractivity contribution in [3.63, 3.8) is 0 Å². The largest absolute Gasteiger partial charge is 0.467 e. The summed E-state index contributed by atoms with van der Waals surface area (Å²) in [5.74, 6) is -1.39. The Kier molecular flexibility index (Phi) is 7.76. The molecule has 0 saturated carbocycles. The SMILES string of the molecule is COC(=O)[C@H](Cc1cn(C(=O)OC(C)(C)C)c2ccccc12)NC(=O)Cc1cccc(C(F)(F)F)c1. The molecule has 0 spiro atoms. The first-order chi connectivity index (χ1) is 16.8. The highest BCUT2D eigenvalue weighted by Gasteiger charge is 2.31. The van der Waals surface area contributed by atoms with Crippen molar-refractivity contribution in [3.8, 4) is 0 Å². The van der Waals surface area contributed by atoms with Gasteiger partial charge in [-0.2, -0.15) is 13.2 Å². The van der Waals surface area contributed by atoms with E-state index in [-0.39, 0.29) is 18.4 Å². The smallest absolute Gasteiger partial charge is 0.419 e. The Bertz CT molecular complexity index is 1270. The highest BCUT2D eigenvalue weighted by atomic mass is 19.4. The number of halogens is 3. The Hall–Kier alpha value is -3.82. The first-order valence-corrected chi connectivity index (χ1v) is 11.1. The predicted octanol–water partition coefficient (Wildman–Crippen LogP) is 4.89. The zero-order valence-corrected chi connectivity index (χ0v) is 20.3. The van der Waals surface area contributed by atoms with Crippen molar-refractivity contribution in [2.75, 3.05) is 7.11 Å². The van der Waals surface area contributed by atoms with E-state index in [9.17, 15) is 27.6 Å². The van der Waals surface area contributed by atoms with Crippen molar-refractivity contribution >= 4 is 28.9 Å². The van der Waals surface area contributed by atoms with E-state index < -0.39 is 41.4 Å². The zero-order chi connectivity index (χ0) is 26.7. The van der Waals surface area contributed by atoms with Crippen molar-refractivity contribution in [2.45, 2.75) is 51.4 Å². The maximum absolute atomic E-state index is 13.0. The van der Waals surface area contributed by atoms with Crippen LogP contribution in [0.1, 0.15) is 37.5 Å². The van der Waals surface area contributed by atoms with Crippen molar-refractivity contribution < 1.29 is 37.0 Å². The van der Waals surface area contributed by atoms with Gasteiger partial charge in [-0.05, 0) is 44.0 Å². The Morgan fingerprint density at radius 3 is 2.36 bits per heavy atom. The van der Waals surface area contributed by atoms with Crippen LogP contribution in [0.25, 0.3) is 10.9 Å². The summed E-state index contributed by atoms with van der Waals surface area (Å²) in [5.41, 5.74) is -0.319. The minimum absolute atomic E-state index is 0.0166. The molecule has 36 heavy (non-hydrogen) atoms. The standard InChI is InChI=1S/C26H27F3N2O5/c1-25(2,3)36-24(34)31-15-17(19-10-5-6-11-21(19)31)14-20(23(33)35-4)30-22(32)13-16-8-7-9-18(12-16)26(27,28)29/h5-12,15,20H,13-14H2,1-4H3,(H,30,32)/t20-/m0/s1. The molecule has 0 aliphatic heterocycles. The third-order valence-corrected chi connectivity index (χ3v) is 5.25. The summed E-state index contributed by atoms with van der Waals surface area (Å²) in [6, 6.07) is 10.3. The van der Waals surface area contributed by atoms with Crippen molar-refractivity contribution in [2.24, 2.45) is 0 Å². The van der Waals surface area contributed by atoms with Crippen LogP contribution >= 0.6 is 0 Å². The van der Waals surface area contributed by atoms with Crippen molar-refractivity contribution in [1.29, 1.82) is 0 Å². The van der Waals surface area contributed by atoms with E-state index in [0.29, 0.717) is 16.5 Å². The lowest BCUT2D eigenvalue weighted by Gasteiger charge is -2.19. The molecule has 0 aliphatic rings. The van der Waals surface area contributed by atoms with Gasteiger partial charge in [-0.15, -0.1) is 0 Å². The number of fused-ring (bicyclic) bond motifs is 1. The third kappa shape index (κ3) is 6.65. The molecule has 1 atom stereocenters. The molecule has 0 radical (unpaired) electrons. The van der Waals surface area contributed by atoms with Crippen LogP contribution in [0.2, 0.25) is 0 Å². The third-order valence-electron chi connectivity index (χ3n) is 5.25. The van der Waals surface area contributed by atoms with Crippen LogP contribution in [0, 0.1) is 0 Å². The maximum Gasteiger partial charge on any atom is 0.419 e. The number of hydrogen-bond donors (Lipinski definition) is 1. The van der Waals surface area contributed by atoms with Crippen LogP contribution in [-0.4, -0.2) is 41.3 Å². The number of aromatic nitrogens is 1. The number of methoxy groups -OCH3 is 1. The van der Waals surface area contributed by atoms with Crippen LogP contribution < -0.4 is 5.32 Å². The number of hydrogen-bond acceptors (Lipinski definition) is 5. The van der Waals surface area contributed by atoms with Gasteiger partial charge in [0.1, 0.15) is 11.6 Å². The van der Waals surface area contributed by atoms with Gasteiger partial charge in [0.15, 0.2) is 0 Å². The number of carbonyl (C=O) groups is 3. The Balaban J connectivity index is 1.84. The van der Waals surface area contributed by atoms with Crippen LogP contribution in [0.3, 0.4) is 0 Å². The van der Waals surface area contributed by atoms with Crippen LogP contribution in [0.5, 0.6) is 0 Å². The molecule has 1 amide bonds. The lowest BCUT2D eigenvalue weighted by molar-refractivity contribution is -0.145. The molecule has 0 fully saturated rings. The highest BCUT2D eigenvalue weighted by molar-refractivity contribution is 5.93. The van der Waals surface area contributed by atoms with Gasteiger partial charge in [0.05, 0.1) is 24.6 Å². The van der Waals surface area contributed by atoms with Gasteiger partial charge in [0.2, 0.25) is 5.91 Å². The first-order valence-electron chi connectivity index (χ1n) is 11.1. The molecule has 3 aromatic rings. The molecule has 1 N–H and O–H groups in total. The van der Waals surface area contributed by atoms with Gasteiger partial charge in [0, 0.05) is 18.0 Å². The number of benzene rings is 2. The van der Waals surface area contributed by atoms with E-state index in [0.717, 1.165) is 19.2 Å². The molecular formula is C26H27F3N2O5. The maximum atomic E-state index is 13.0. The van der Waals surface area contributed by atoms with Crippen LogP contribution in [0.15, 0.2) is 54.7 Å². The van der Waals surface area contributed by atoms with Crippen LogP contribution in [-0.2, 0) is 38.1 Å². The lowest BCUT2D eigenvalue weighted by atomic mass is 10.0. The topological polar surface area (TPSA) is 86.6 Å². The summed E-state index contributed by atoms with van der Waals surface area (Å²) in [5, 5.41) is 3.21. The Morgan fingerprint density at radius 1 is 1.03 bits per heavy atom. The molecule has 7 nitrogen and oxygen atoms in total. The number of nitrogens with one attached hydrogen (secondary N) is 1. The molecule has 0 saturated heterocycles. The minimum Gasteiger partial charge on any atom is -0.467 e. The molecule has 3 rings (SSSR count). The normalized spacial score (nSPS) is 12.8. The number of carbonyl (C=O) groups excluding carboxylic acids is 3. The van der Waals surface area contributed by atoms with E-state index in [1.807, 2.05) is 0 Å². The second-order valence-corrected chi connectivity index (χ2v) is 9.24. The summed E-state index contributed by atoms with van der Waals surface area (Å²) >= 11 is 0. The second kappa shape index (κ2) is 10.4. The fourth-order valence-electron chi connectivity index (χ4n) is 3.72. The summed E-state index contributed by atoms with van der Waals surface area (Å²) in [4.78, 5) is 37.9.